The van der Waals surface area contributed by atoms with Crippen LogP contribution in [-0.2, 0) is 4.74 Å². The number of nitrogens with one attached hydrogen (secondary N) is 1. The van der Waals surface area contributed by atoms with Gasteiger partial charge in [0.05, 0.1) is 18.3 Å². The molecule has 2 rings (SSSR count). The summed E-state index contributed by atoms with van der Waals surface area (Å²) in [6.45, 7) is 4.68. The van der Waals surface area contributed by atoms with Crippen molar-refractivity contribution >= 4 is 6.21 Å². The number of hydrogen-bond donors (Lipinski definition) is 2. The van der Waals surface area contributed by atoms with Crippen molar-refractivity contribution in [2.45, 2.75) is 19.9 Å². The summed E-state index contributed by atoms with van der Waals surface area (Å²) in [6.07, 6.45) is 5.89. The molecule has 2 aliphatic heterocycles. The van der Waals surface area contributed by atoms with E-state index in [1.165, 1.54) is 0 Å². The van der Waals surface area contributed by atoms with Gasteiger partial charge in [0.25, 0.3) is 0 Å². The normalized spacial score (nSPS) is 27.8. The molecule has 1 atom stereocenters. The Morgan fingerprint density at radius 3 is 3.20 bits per heavy atom. The highest BCUT2D eigenvalue weighted by Gasteiger charge is 2.22. The lowest BCUT2D eigenvalue weighted by molar-refractivity contribution is 0.120. The molecule has 82 valence electrons. The van der Waals surface area contributed by atoms with E-state index in [-0.39, 0.29) is 18.1 Å². The number of rotatable bonds is 1. The molecule has 0 radical (unpaired) electrons. The maximum Gasteiger partial charge on any atom is 0.237 e. The van der Waals surface area contributed by atoms with Gasteiger partial charge in [0.1, 0.15) is 6.61 Å². The first-order valence-corrected chi connectivity index (χ1v) is 5.10. The minimum Gasteiger partial charge on any atom is -0.474 e. The Labute approximate surface area is 89.4 Å². The van der Waals surface area contributed by atoms with Crippen molar-refractivity contribution in [1.82, 2.24) is 5.32 Å². The molecule has 0 bridgehead atoms. The van der Waals surface area contributed by atoms with E-state index in [1.807, 2.05) is 12.3 Å². The number of nitrogens with zero attached hydrogens (tertiary/aromatic N) is 1. The number of allylic oxidation sites excluding steroid dienone is 2. The third-order valence-corrected chi connectivity index (χ3v) is 2.43. The quantitative estimate of drug-likeness (QED) is 0.670. The van der Waals surface area contributed by atoms with Crippen molar-refractivity contribution in [2.75, 3.05) is 13.2 Å². The number of aliphatic hydroxyl groups is 1. The highest BCUT2D eigenvalue weighted by atomic mass is 16.5. The topological polar surface area (TPSA) is 53.9 Å². The maximum absolute atomic E-state index is 9.03. The lowest BCUT2D eigenvalue weighted by Crippen LogP contribution is -2.39. The summed E-state index contributed by atoms with van der Waals surface area (Å²) in [5, 5.41) is 12.2. The Kier molecular flexibility index (Phi) is 2.52. The van der Waals surface area contributed by atoms with Crippen LogP contribution in [0.15, 0.2) is 28.7 Å². The molecule has 0 aromatic rings. The van der Waals surface area contributed by atoms with Gasteiger partial charge in [0.2, 0.25) is 5.88 Å². The largest absolute Gasteiger partial charge is 0.474 e. The van der Waals surface area contributed by atoms with E-state index in [1.54, 1.807) is 0 Å². The number of ether oxygens (including phenoxy) is 1. The van der Waals surface area contributed by atoms with Crippen molar-refractivity contribution in [3.05, 3.63) is 23.7 Å². The number of aliphatic hydroxyl groups excluding tert-OH is 1. The highest BCUT2D eigenvalue weighted by molar-refractivity contribution is 5.69. The molecular weight excluding hydrogens is 192 g/mol. The fraction of sp³-hybridized carbons (Fsp3) is 0.545. The van der Waals surface area contributed by atoms with E-state index in [9.17, 15) is 0 Å². The van der Waals surface area contributed by atoms with Crippen molar-refractivity contribution in [2.24, 2.45) is 10.4 Å². The summed E-state index contributed by atoms with van der Waals surface area (Å²) < 4.78 is 5.47. The molecule has 1 unspecified atom stereocenters. The predicted octanol–water partition coefficient (Wildman–Crippen LogP) is 0.803. The fourth-order valence-electron chi connectivity index (χ4n) is 1.47. The molecule has 0 saturated heterocycles. The first kappa shape index (κ1) is 10.2. The van der Waals surface area contributed by atoms with Crippen LogP contribution in [0.1, 0.15) is 13.8 Å². The Bertz CT molecular complexity index is 342. The van der Waals surface area contributed by atoms with Gasteiger partial charge in [-0.05, 0) is 6.08 Å². The zero-order valence-corrected chi connectivity index (χ0v) is 9.03. The van der Waals surface area contributed by atoms with Crippen LogP contribution in [0.4, 0.5) is 0 Å². The zero-order chi connectivity index (χ0) is 10.9. The van der Waals surface area contributed by atoms with Gasteiger partial charge in [0, 0.05) is 11.6 Å². The van der Waals surface area contributed by atoms with Gasteiger partial charge in [-0.1, -0.05) is 19.9 Å². The zero-order valence-electron chi connectivity index (χ0n) is 9.03. The van der Waals surface area contributed by atoms with Gasteiger partial charge in [-0.25, -0.2) is 4.99 Å². The Morgan fingerprint density at radius 2 is 2.47 bits per heavy atom. The SMILES string of the molecule is CC1(C)C=CC2=C(N=C1)OCC(CO)N2. The summed E-state index contributed by atoms with van der Waals surface area (Å²) in [5.74, 6) is 0.613. The Morgan fingerprint density at radius 1 is 1.67 bits per heavy atom. The van der Waals surface area contributed by atoms with Crippen LogP contribution in [0.25, 0.3) is 0 Å². The van der Waals surface area contributed by atoms with Gasteiger partial charge in [-0.15, -0.1) is 0 Å². The maximum atomic E-state index is 9.03. The van der Waals surface area contributed by atoms with Gasteiger partial charge in [0.15, 0.2) is 0 Å². The molecule has 0 aromatic carbocycles. The minimum absolute atomic E-state index is 0.0372. The number of aliphatic imine (C=N–C) groups is 1. The van der Waals surface area contributed by atoms with Crippen LogP contribution in [0.5, 0.6) is 0 Å². The molecule has 0 amide bonds. The molecule has 4 nitrogen and oxygen atoms in total. The van der Waals surface area contributed by atoms with E-state index >= 15 is 0 Å². The standard InChI is InChI=1S/C11H16N2O2/c1-11(2)4-3-9-10(12-7-11)15-6-8(5-14)13-9/h3-4,7-8,13-14H,5-6H2,1-2H3. The molecule has 0 saturated carbocycles. The molecule has 2 heterocycles. The molecule has 2 N–H and O–H groups in total. The van der Waals surface area contributed by atoms with Crippen LogP contribution in [0.2, 0.25) is 0 Å². The van der Waals surface area contributed by atoms with E-state index in [0.717, 1.165) is 5.70 Å². The summed E-state index contributed by atoms with van der Waals surface area (Å²) in [4.78, 5) is 4.29. The van der Waals surface area contributed by atoms with Crippen molar-refractivity contribution in [1.29, 1.82) is 0 Å². The fourth-order valence-corrected chi connectivity index (χ4v) is 1.47. The average molecular weight is 208 g/mol. The van der Waals surface area contributed by atoms with Crippen LogP contribution in [-0.4, -0.2) is 30.6 Å². The predicted molar refractivity (Wildman–Crippen MR) is 58.4 cm³/mol. The second-order valence-electron chi connectivity index (χ2n) is 4.47. The Hall–Kier alpha value is -1.29. The van der Waals surface area contributed by atoms with E-state index in [0.29, 0.717) is 12.5 Å². The van der Waals surface area contributed by atoms with Crippen molar-refractivity contribution in [3.8, 4) is 0 Å². The van der Waals surface area contributed by atoms with Crippen LogP contribution in [0.3, 0.4) is 0 Å². The van der Waals surface area contributed by atoms with Crippen LogP contribution < -0.4 is 5.32 Å². The van der Waals surface area contributed by atoms with Gasteiger partial charge in [-0.2, -0.15) is 0 Å². The summed E-state index contributed by atoms with van der Waals surface area (Å²) >= 11 is 0. The molecule has 0 spiro atoms. The molecule has 0 aromatic heterocycles. The van der Waals surface area contributed by atoms with E-state index in [4.69, 9.17) is 9.84 Å². The first-order valence-electron chi connectivity index (χ1n) is 5.10. The first-order chi connectivity index (χ1) is 7.11. The average Bonchev–Trinajstić information content (AvgIpc) is 2.38. The van der Waals surface area contributed by atoms with Crippen LogP contribution in [0, 0.1) is 5.41 Å². The van der Waals surface area contributed by atoms with Gasteiger partial charge < -0.3 is 15.2 Å². The Balaban J connectivity index is 2.23. The summed E-state index contributed by atoms with van der Waals surface area (Å²) in [6, 6.07) is -0.0372. The second kappa shape index (κ2) is 3.70. The van der Waals surface area contributed by atoms with Crippen LogP contribution >= 0.6 is 0 Å². The second-order valence-corrected chi connectivity index (χ2v) is 4.47. The van der Waals surface area contributed by atoms with Gasteiger partial charge >= 0.3 is 0 Å². The lowest BCUT2D eigenvalue weighted by atomic mass is 9.95. The summed E-state index contributed by atoms with van der Waals surface area (Å²) in [7, 11) is 0. The minimum atomic E-state index is -0.0584. The van der Waals surface area contributed by atoms with Crippen molar-refractivity contribution in [3.63, 3.8) is 0 Å². The smallest absolute Gasteiger partial charge is 0.237 e. The molecule has 0 aliphatic carbocycles. The molecule has 0 fully saturated rings. The monoisotopic (exact) mass is 208 g/mol. The van der Waals surface area contributed by atoms with E-state index < -0.39 is 0 Å². The molecular formula is C11H16N2O2. The summed E-state index contributed by atoms with van der Waals surface area (Å²) in [5.41, 5.74) is 0.791. The third kappa shape index (κ3) is 2.21. The highest BCUT2D eigenvalue weighted by Crippen LogP contribution is 2.23. The molecule has 2 aliphatic rings. The number of hydrogen-bond acceptors (Lipinski definition) is 4. The third-order valence-electron chi connectivity index (χ3n) is 2.43. The van der Waals surface area contributed by atoms with Crippen molar-refractivity contribution < 1.29 is 9.84 Å². The lowest BCUT2D eigenvalue weighted by Gasteiger charge is -2.24. The molecule has 4 heteroatoms. The van der Waals surface area contributed by atoms with Gasteiger partial charge in [-0.3, -0.25) is 0 Å². The molecule has 15 heavy (non-hydrogen) atoms. The van der Waals surface area contributed by atoms with E-state index in [2.05, 4.69) is 30.2 Å².